The minimum Gasteiger partial charge on any atom is -0.478 e. The van der Waals surface area contributed by atoms with Crippen molar-refractivity contribution in [1.29, 1.82) is 0 Å². The van der Waals surface area contributed by atoms with E-state index in [1.807, 2.05) is 13.0 Å². The minimum atomic E-state index is -0.981. The first-order valence-corrected chi connectivity index (χ1v) is 8.46. The minimum absolute atomic E-state index is 0.136. The zero-order valence-electron chi connectivity index (χ0n) is 14.7. The molecule has 1 unspecified atom stereocenters. The van der Waals surface area contributed by atoms with Gasteiger partial charge in [0.1, 0.15) is 0 Å². The topological polar surface area (TPSA) is 122 Å². The maximum absolute atomic E-state index is 12.3. The van der Waals surface area contributed by atoms with Crippen LogP contribution in [0, 0.1) is 0 Å². The van der Waals surface area contributed by atoms with Crippen molar-refractivity contribution in [2.45, 2.75) is 19.4 Å². The van der Waals surface area contributed by atoms with E-state index in [1.54, 1.807) is 30.3 Å². The molecular formula is C20H19N3O4. The number of amides is 2. The molecule has 0 fully saturated rings. The summed E-state index contributed by atoms with van der Waals surface area (Å²) in [6, 6.07) is 11.1. The molecule has 0 aliphatic carbocycles. The van der Waals surface area contributed by atoms with Gasteiger partial charge >= 0.3 is 5.97 Å². The van der Waals surface area contributed by atoms with E-state index in [2.05, 4.69) is 10.6 Å². The lowest BCUT2D eigenvalue weighted by molar-refractivity contribution is -0.110. The third-order valence-electron chi connectivity index (χ3n) is 4.38. The first kappa shape index (κ1) is 18.2. The van der Waals surface area contributed by atoms with Gasteiger partial charge in [-0.05, 0) is 48.9 Å². The molecule has 0 radical (unpaired) electrons. The van der Waals surface area contributed by atoms with Crippen LogP contribution in [0.1, 0.15) is 39.6 Å². The maximum Gasteiger partial charge on any atom is 0.335 e. The quantitative estimate of drug-likeness (QED) is 0.587. The Morgan fingerprint density at radius 1 is 1.19 bits per heavy atom. The van der Waals surface area contributed by atoms with Crippen LogP contribution in [-0.4, -0.2) is 28.9 Å². The highest BCUT2D eigenvalue weighted by Gasteiger charge is 2.25. The molecule has 0 bridgehead atoms. The van der Waals surface area contributed by atoms with Crippen LogP contribution < -0.4 is 16.4 Å². The van der Waals surface area contributed by atoms with E-state index in [0.717, 1.165) is 5.69 Å². The van der Waals surface area contributed by atoms with Crippen molar-refractivity contribution in [3.05, 3.63) is 65.2 Å². The average molecular weight is 365 g/mol. The summed E-state index contributed by atoms with van der Waals surface area (Å²) in [5, 5.41) is 15.0. The summed E-state index contributed by atoms with van der Waals surface area (Å²) in [5.74, 6) is -1.78. The van der Waals surface area contributed by atoms with Crippen molar-refractivity contribution in [3.8, 4) is 0 Å². The molecule has 2 amide bonds. The van der Waals surface area contributed by atoms with Gasteiger partial charge in [-0.1, -0.05) is 13.0 Å². The van der Waals surface area contributed by atoms with E-state index in [4.69, 9.17) is 10.8 Å². The molecule has 7 nitrogen and oxygen atoms in total. The van der Waals surface area contributed by atoms with Gasteiger partial charge in [0.2, 0.25) is 5.91 Å². The number of primary amides is 1. The molecule has 1 atom stereocenters. The first-order chi connectivity index (χ1) is 12.9. The Bertz CT molecular complexity index is 948. The number of fused-ring (bicyclic) bond motifs is 1. The van der Waals surface area contributed by atoms with Crippen molar-refractivity contribution >= 4 is 34.7 Å². The summed E-state index contributed by atoms with van der Waals surface area (Å²) < 4.78 is 0. The highest BCUT2D eigenvalue weighted by atomic mass is 16.4. The van der Waals surface area contributed by atoms with Crippen LogP contribution in [0.25, 0.3) is 5.57 Å². The lowest BCUT2D eigenvalue weighted by Gasteiger charge is -2.15. The summed E-state index contributed by atoms with van der Waals surface area (Å²) in [6.07, 6.45) is 2.54. The van der Waals surface area contributed by atoms with Crippen molar-refractivity contribution in [1.82, 2.24) is 0 Å². The molecule has 5 N–H and O–H groups in total. The zero-order valence-corrected chi connectivity index (χ0v) is 14.7. The number of anilines is 2. The number of carboxylic acid groups (broad SMARTS) is 1. The van der Waals surface area contributed by atoms with Gasteiger partial charge in [-0.2, -0.15) is 0 Å². The third kappa shape index (κ3) is 3.82. The van der Waals surface area contributed by atoms with Gasteiger partial charge < -0.3 is 21.5 Å². The van der Waals surface area contributed by atoms with Crippen molar-refractivity contribution in [3.63, 3.8) is 0 Å². The Labute approximate surface area is 155 Å². The highest BCUT2D eigenvalue weighted by Crippen LogP contribution is 2.33. The Morgan fingerprint density at radius 2 is 1.85 bits per heavy atom. The van der Waals surface area contributed by atoms with Crippen molar-refractivity contribution < 1.29 is 19.5 Å². The molecule has 3 rings (SSSR count). The fourth-order valence-electron chi connectivity index (χ4n) is 2.90. The number of hydrogen-bond acceptors (Lipinski definition) is 4. The lowest BCUT2D eigenvalue weighted by Crippen LogP contribution is -2.17. The summed E-state index contributed by atoms with van der Waals surface area (Å²) in [7, 11) is 0. The maximum atomic E-state index is 12.3. The number of carbonyl (C=O) groups excluding carboxylic acids is 2. The fraction of sp³-hybridized carbons (Fsp3) is 0.150. The van der Waals surface area contributed by atoms with Gasteiger partial charge in [-0.25, -0.2) is 4.79 Å². The van der Waals surface area contributed by atoms with Gasteiger partial charge in [0.25, 0.3) is 5.91 Å². The Balaban J connectivity index is 1.85. The highest BCUT2D eigenvalue weighted by molar-refractivity contribution is 6.31. The van der Waals surface area contributed by atoms with Gasteiger partial charge in [0.15, 0.2) is 0 Å². The number of carboxylic acids is 1. The summed E-state index contributed by atoms with van der Waals surface area (Å²) >= 11 is 0. The van der Waals surface area contributed by atoms with Crippen LogP contribution in [0.3, 0.4) is 0 Å². The SMILES string of the molecule is CCC(C=C1C(=O)Nc2cc(C(N)=O)ccc21)Nc1ccc(C(=O)O)cc1. The summed E-state index contributed by atoms with van der Waals surface area (Å²) in [4.78, 5) is 34.6. The van der Waals surface area contributed by atoms with Crippen LogP contribution in [0.15, 0.2) is 48.5 Å². The van der Waals surface area contributed by atoms with E-state index >= 15 is 0 Å². The first-order valence-electron chi connectivity index (χ1n) is 8.46. The molecule has 27 heavy (non-hydrogen) atoms. The number of aromatic carboxylic acids is 1. The van der Waals surface area contributed by atoms with E-state index in [1.165, 1.54) is 12.1 Å². The summed E-state index contributed by atoms with van der Waals surface area (Å²) in [5.41, 5.74) is 8.37. The molecule has 0 saturated heterocycles. The largest absolute Gasteiger partial charge is 0.478 e. The molecule has 138 valence electrons. The fourth-order valence-corrected chi connectivity index (χ4v) is 2.90. The number of hydrogen-bond donors (Lipinski definition) is 4. The molecule has 7 heteroatoms. The molecule has 0 spiro atoms. The van der Waals surface area contributed by atoms with E-state index in [-0.39, 0.29) is 17.5 Å². The molecule has 1 aliphatic rings. The number of carbonyl (C=O) groups is 3. The molecule has 2 aromatic carbocycles. The molecule has 2 aromatic rings. The normalized spacial score (nSPS) is 15.1. The Hall–Kier alpha value is -3.61. The van der Waals surface area contributed by atoms with Crippen LogP contribution in [0.5, 0.6) is 0 Å². The predicted octanol–water partition coefficient (Wildman–Crippen LogP) is 2.71. The smallest absolute Gasteiger partial charge is 0.335 e. The van der Waals surface area contributed by atoms with Crippen LogP contribution >= 0.6 is 0 Å². The Morgan fingerprint density at radius 3 is 2.44 bits per heavy atom. The van der Waals surface area contributed by atoms with Gasteiger partial charge in [-0.15, -0.1) is 0 Å². The van der Waals surface area contributed by atoms with Gasteiger partial charge in [0.05, 0.1) is 5.56 Å². The molecule has 0 saturated carbocycles. The summed E-state index contributed by atoms with van der Waals surface area (Å²) in [6.45, 7) is 1.98. The van der Waals surface area contributed by atoms with Crippen LogP contribution in [0.2, 0.25) is 0 Å². The number of nitrogens with one attached hydrogen (secondary N) is 2. The number of rotatable bonds is 6. The predicted molar refractivity (Wildman–Crippen MR) is 103 cm³/mol. The number of nitrogens with two attached hydrogens (primary N) is 1. The molecule has 0 aromatic heterocycles. The van der Waals surface area contributed by atoms with Crippen molar-refractivity contribution in [2.75, 3.05) is 10.6 Å². The number of benzene rings is 2. The lowest BCUT2D eigenvalue weighted by atomic mass is 10.0. The Kier molecular flexibility index (Phi) is 4.94. The van der Waals surface area contributed by atoms with Crippen LogP contribution in [0.4, 0.5) is 11.4 Å². The third-order valence-corrected chi connectivity index (χ3v) is 4.38. The zero-order chi connectivity index (χ0) is 19.6. The van der Waals surface area contributed by atoms with E-state index in [9.17, 15) is 14.4 Å². The molecule has 1 heterocycles. The molecular weight excluding hydrogens is 346 g/mol. The second-order valence-corrected chi connectivity index (χ2v) is 6.20. The van der Waals surface area contributed by atoms with Crippen molar-refractivity contribution in [2.24, 2.45) is 5.73 Å². The van der Waals surface area contributed by atoms with E-state index in [0.29, 0.717) is 28.8 Å². The standard InChI is InChI=1S/C20H19N3O4/c1-2-13(22-14-6-3-11(4-7-14)20(26)27)10-16-15-8-5-12(18(21)24)9-17(15)23-19(16)25/h3-10,13,22H,2H2,1H3,(H2,21,24)(H,23,25)(H,26,27). The second kappa shape index (κ2) is 7.33. The van der Waals surface area contributed by atoms with Gasteiger partial charge in [-0.3, -0.25) is 9.59 Å². The second-order valence-electron chi connectivity index (χ2n) is 6.20. The molecule has 1 aliphatic heterocycles. The van der Waals surface area contributed by atoms with Gasteiger partial charge in [0, 0.05) is 34.1 Å². The van der Waals surface area contributed by atoms with Crippen LogP contribution in [-0.2, 0) is 4.79 Å². The van der Waals surface area contributed by atoms with E-state index < -0.39 is 11.9 Å². The average Bonchev–Trinajstić information content (AvgIpc) is 2.96. The monoisotopic (exact) mass is 365 g/mol.